The minimum absolute atomic E-state index is 0.0720. The van der Waals surface area contributed by atoms with Crippen LogP contribution in [0.3, 0.4) is 0 Å². The zero-order valence-corrected chi connectivity index (χ0v) is 17.1. The molecule has 0 unspecified atom stereocenters. The SMILES string of the molecule is CCOC(=O)c1nn(-c2ccc(F)cc2)c(=O)c2c(NC(=O)c3ccccc3)scc12. The molecule has 0 bridgehead atoms. The maximum absolute atomic E-state index is 13.4. The molecule has 0 atom stereocenters. The summed E-state index contributed by atoms with van der Waals surface area (Å²) in [5.41, 5.74) is 0.0597. The molecule has 0 aliphatic rings. The van der Waals surface area contributed by atoms with Crippen LogP contribution >= 0.6 is 11.3 Å². The number of rotatable bonds is 5. The molecule has 31 heavy (non-hydrogen) atoms. The van der Waals surface area contributed by atoms with Crippen LogP contribution < -0.4 is 10.9 Å². The second-order valence-corrected chi connectivity index (χ2v) is 7.32. The number of halogens is 1. The van der Waals surface area contributed by atoms with E-state index in [9.17, 15) is 18.8 Å². The van der Waals surface area contributed by atoms with Crippen LogP contribution in [0.2, 0.25) is 0 Å². The van der Waals surface area contributed by atoms with Gasteiger partial charge >= 0.3 is 5.97 Å². The normalized spacial score (nSPS) is 10.8. The van der Waals surface area contributed by atoms with Gasteiger partial charge in [-0.05, 0) is 43.3 Å². The molecule has 0 aliphatic carbocycles. The van der Waals surface area contributed by atoms with E-state index < -0.39 is 23.3 Å². The number of amides is 1. The first kappa shape index (κ1) is 20.4. The maximum atomic E-state index is 13.4. The molecule has 1 N–H and O–H groups in total. The smallest absolute Gasteiger partial charge is 0.359 e. The Balaban J connectivity index is 1.89. The average Bonchev–Trinajstić information content (AvgIpc) is 3.19. The van der Waals surface area contributed by atoms with Gasteiger partial charge in [0, 0.05) is 16.3 Å². The van der Waals surface area contributed by atoms with E-state index in [1.54, 1.807) is 42.6 Å². The Kier molecular flexibility index (Phi) is 5.59. The van der Waals surface area contributed by atoms with Crippen molar-refractivity contribution in [2.45, 2.75) is 6.92 Å². The van der Waals surface area contributed by atoms with E-state index in [-0.39, 0.29) is 33.8 Å². The molecule has 7 nitrogen and oxygen atoms in total. The highest BCUT2D eigenvalue weighted by molar-refractivity contribution is 7.16. The molecule has 9 heteroatoms. The molecule has 2 heterocycles. The van der Waals surface area contributed by atoms with Gasteiger partial charge in [-0.25, -0.2) is 9.18 Å². The Morgan fingerprint density at radius 1 is 1.13 bits per heavy atom. The third-order valence-corrected chi connectivity index (χ3v) is 5.35. The van der Waals surface area contributed by atoms with Crippen molar-refractivity contribution >= 4 is 39.0 Å². The summed E-state index contributed by atoms with van der Waals surface area (Å²) < 4.78 is 19.4. The second-order valence-electron chi connectivity index (χ2n) is 6.44. The molecule has 0 fully saturated rings. The summed E-state index contributed by atoms with van der Waals surface area (Å²) in [6.45, 7) is 1.78. The third kappa shape index (κ3) is 3.95. The first-order valence-electron chi connectivity index (χ1n) is 9.33. The number of ether oxygens (including phenoxy) is 1. The standard InChI is InChI=1S/C22H16FN3O4S/c1-2-30-22(29)18-16-12-31-20(24-19(27)13-6-4-3-5-7-13)17(16)21(28)26(25-18)15-10-8-14(23)9-11-15/h3-12H,2H2,1H3,(H,24,27). The van der Waals surface area contributed by atoms with Crippen LogP contribution in [0.15, 0.2) is 64.8 Å². The largest absolute Gasteiger partial charge is 0.461 e. The predicted molar refractivity (Wildman–Crippen MR) is 116 cm³/mol. The average molecular weight is 437 g/mol. The first-order chi connectivity index (χ1) is 15.0. The van der Waals surface area contributed by atoms with Gasteiger partial charge in [0.2, 0.25) is 0 Å². The minimum atomic E-state index is -0.706. The number of carbonyl (C=O) groups excluding carboxylic acids is 2. The van der Waals surface area contributed by atoms with Crippen LogP contribution in [0.5, 0.6) is 0 Å². The van der Waals surface area contributed by atoms with E-state index in [0.717, 1.165) is 16.0 Å². The fourth-order valence-corrected chi connectivity index (χ4v) is 3.95. The lowest BCUT2D eigenvalue weighted by Crippen LogP contribution is -2.25. The molecule has 2 aromatic heterocycles. The van der Waals surface area contributed by atoms with Crippen molar-refractivity contribution in [2.24, 2.45) is 0 Å². The van der Waals surface area contributed by atoms with Crippen molar-refractivity contribution in [3.63, 3.8) is 0 Å². The molecule has 0 aliphatic heterocycles. The molecule has 0 radical (unpaired) electrons. The maximum Gasteiger partial charge on any atom is 0.359 e. The Morgan fingerprint density at radius 2 is 1.84 bits per heavy atom. The summed E-state index contributed by atoms with van der Waals surface area (Å²) in [6, 6.07) is 13.7. The summed E-state index contributed by atoms with van der Waals surface area (Å²) in [5, 5.41) is 9.15. The monoisotopic (exact) mass is 437 g/mol. The van der Waals surface area contributed by atoms with Gasteiger partial charge in [-0.3, -0.25) is 9.59 Å². The number of anilines is 1. The number of nitrogens with one attached hydrogen (secondary N) is 1. The predicted octanol–water partition coefficient (Wildman–Crippen LogP) is 4.02. The zero-order chi connectivity index (χ0) is 22.0. The highest BCUT2D eigenvalue weighted by Crippen LogP contribution is 2.31. The van der Waals surface area contributed by atoms with Gasteiger partial charge in [0.05, 0.1) is 17.7 Å². The van der Waals surface area contributed by atoms with Gasteiger partial charge in [0.1, 0.15) is 10.8 Å². The Bertz CT molecular complexity index is 1330. The second kappa shape index (κ2) is 8.49. The molecule has 0 saturated heterocycles. The molecule has 0 saturated carbocycles. The van der Waals surface area contributed by atoms with Crippen LogP contribution in [0.1, 0.15) is 27.8 Å². The van der Waals surface area contributed by atoms with Crippen molar-refractivity contribution in [1.29, 1.82) is 0 Å². The number of carbonyl (C=O) groups is 2. The molecule has 156 valence electrons. The highest BCUT2D eigenvalue weighted by atomic mass is 32.1. The fraction of sp³-hybridized carbons (Fsp3) is 0.0909. The molecule has 0 spiro atoms. The van der Waals surface area contributed by atoms with Crippen molar-refractivity contribution in [1.82, 2.24) is 9.78 Å². The quantitative estimate of drug-likeness (QED) is 0.477. The highest BCUT2D eigenvalue weighted by Gasteiger charge is 2.23. The number of hydrogen-bond acceptors (Lipinski definition) is 6. The number of esters is 1. The van der Waals surface area contributed by atoms with Crippen molar-refractivity contribution in [3.8, 4) is 5.69 Å². The number of benzene rings is 2. The molecule has 1 amide bonds. The minimum Gasteiger partial charge on any atom is -0.461 e. The number of thiophene rings is 1. The van der Waals surface area contributed by atoms with Crippen LogP contribution in [-0.2, 0) is 4.74 Å². The third-order valence-electron chi connectivity index (χ3n) is 4.46. The fourth-order valence-electron chi connectivity index (χ4n) is 3.01. The molecule has 2 aromatic carbocycles. The van der Waals surface area contributed by atoms with Crippen molar-refractivity contribution in [3.05, 3.63) is 87.4 Å². The van der Waals surface area contributed by atoms with Crippen LogP contribution in [0.25, 0.3) is 16.5 Å². The number of aromatic nitrogens is 2. The van der Waals surface area contributed by atoms with Gasteiger partial charge < -0.3 is 10.1 Å². The van der Waals surface area contributed by atoms with Gasteiger partial charge in [-0.1, -0.05) is 18.2 Å². The Morgan fingerprint density at radius 3 is 2.52 bits per heavy atom. The van der Waals surface area contributed by atoms with Gasteiger partial charge in [0.25, 0.3) is 11.5 Å². The van der Waals surface area contributed by atoms with Crippen LogP contribution in [0, 0.1) is 5.82 Å². The molecular formula is C22H16FN3O4S. The van der Waals surface area contributed by atoms with Crippen LogP contribution in [-0.4, -0.2) is 28.3 Å². The zero-order valence-electron chi connectivity index (χ0n) is 16.3. The van der Waals surface area contributed by atoms with Crippen molar-refractivity contribution in [2.75, 3.05) is 11.9 Å². The summed E-state index contributed by atoms with van der Waals surface area (Å²) in [4.78, 5) is 38.4. The van der Waals surface area contributed by atoms with E-state index >= 15 is 0 Å². The lowest BCUT2D eigenvalue weighted by molar-refractivity contribution is 0.0520. The first-order valence-corrected chi connectivity index (χ1v) is 10.2. The summed E-state index contributed by atoms with van der Waals surface area (Å²) in [6.07, 6.45) is 0. The van der Waals surface area contributed by atoms with E-state index in [0.29, 0.717) is 5.56 Å². The lowest BCUT2D eigenvalue weighted by atomic mass is 10.2. The summed E-state index contributed by atoms with van der Waals surface area (Å²) in [7, 11) is 0. The number of hydrogen-bond donors (Lipinski definition) is 1. The van der Waals surface area contributed by atoms with Gasteiger partial charge in [0.15, 0.2) is 5.69 Å². The topological polar surface area (TPSA) is 90.3 Å². The van der Waals surface area contributed by atoms with E-state index in [1.165, 1.54) is 24.3 Å². The van der Waals surface area contributed by atoms with Crippen molar-refractivity contribution < 1.29 is 18.7 Å². The molecule has 4 aromatic rings. The number of fused-ring (bicyclic) bond motifs is 1. The molecular weight excluding hydrogens is 421 g/mol. The summed E-state index contributed by atoms with van der Waals surface area (Å²) in [5.74, 6) is -1.58. The number of nitrogens with zero attached hydrogens (tertiary/aromatic N) is 2. The summed E-state index contributed by atoms with van der Waals surface area (Å²) >= 11 is 1.10. The van der Waals surface area contributed by atoms with E-state index in [1.807, 2.05) is 0 Å². The Labute approximate surface area is 179 Å². The van der Waals surface area contributed by atoms with Gasteiger partial charge in [-0.15, -0.1) is 11.3 Å². The van der Waals surface area contributed by atoms with Crippen LogP contribution in [0.4, 0.5) is 9.39 Å². The Hall–Kier alpha value is -3.85. The lowest BCUT2D eigenvalue weighted by Gasteiger charge is -2.10. The van der Waals surface area contributed by atoms with Gasteiger partial charge in [-0.2, -0.15) is 9.78 Å². The van der Waals surface area contributed by atoms with E-state index in [2.05, 4.69) is 10.4 Å². The molecule has 4 rings (SSSR count). The van der Waals surface area contributed by atoms with E-state index in [4.69, 9.17) is 4.74 Å².